The van der Waals surface area contributed by atoms with Crippen molar-refractivity contribution in [2.45, 2.75) is 19.8 Å². The van der Waals surface area contributed by atoms with Gasteiger partial charge in [0.25, 0.3) is 0 Å². The van der Waals surface area contributed by atoms with Crippen molar-refractivity contribution in [3.8, 4) is 0 Å². The molecule has 72 valence electrons. The molecule has 0 spiro atoms. The molecule has 1 aromatic carbocycles. The maximum Gasteiger partial charge on any atom is 0.348 e. The highest BCUT2D eigenvalue weighted by atomic mass is 16.7. The molecule has 1 atom stereocenters. The van der Waals surface area contributed by atoms with Gasteiger partial charge in [0.1, 0.15) is 5.92 Å². The van der Waals surface area contributed by atoms with Gasteiger partial charge in [-0.15, -0.1) is 0 Å². The number of nitrogens with zero attached hydrogens (tertiary/aromatic N) is 1. The number of aryl methyl sites for hydroxylation is 1. The number of carbonyl (C=O) groups excluding carboxylic acids is 1. The average Bonchev–Trinajstić information content (AvgIpc) is 2.49. The van der Waals surface area contributed by atoms with Gasteiger partial charge in [0.15, 0.2) is 0 Å². The SMILES string of the molecule is CC1=NOC(=O)[C@H]1c1ccc(C)cc1. The van der Waals surface area contributed by atoms with E-state index >= 15 is 0 Å². The number of benzene rings is 1. The van der Waals surface area contributed by atoms with Crippen LogP contribution in [0.15, 0.2) is 29.4 Å². The molecule has 3 heteroatoms. The Kier molecular flexibility index (Phi) is 2.08. The van der Waals surface area contributed by atoms with E-state index in [1.54, 1.807) is 6.92 Å². The van der Waals surface area contributed by atoms with Crippen LogP contribution in [-0.4, -0.2) is 11.7 Å². The Labute approximate surface area is 82.4 Å². The maximum absolute atomic E-state index is 11.3. The summed E-state index contributed by atoms with van der Waals surface area (Å²) in [5.41, 5.74) is 2.84. The molecule has 1 aliphatic heterocycles. The lowest BCUT2D eigenvalue weighted by molar-refractivity contribution is -0.141. The van der Waals surface area contributed by atoms with Crippen LogP contribution in [0, 0.1) is 6.92 Å². The van der Waals surface area contributed by atoms with E-state index < -0.39 is 0 Å². The molecule has 0 amide bonds. The van der Waals surface area contributed by atoms with Gasteiger partial charge in [0.05, 0.1) is 5.71 Å². The van der Waals surface area contributed by atoms with Gasteiger partial charge < -0.3 is 4.84 Å². The molecule has 1 aromatic rings. The summed E-state index contributed by atoms with van der Waals surface area (Å²) in [4.78, 5) is 15.9. The Balaban J connectivity index is 2.35. The van der Waals surface area contributed by atoms with Crippen molar-refractivity contribution in [3.63, 3.8) is 0 Å². The van der Waals surface area contributed by atoms with Crippen molar-refractivity contribution < 1.29 is 9.63 Å². The van der Waals surface area contributed by atoms with Crippen LogP contribution in [0.3, 0.4) is 0 Å². The maximum atomic E-state index is 11.3. The summed E-state index contributed by atoms with van der Waals surface area (Å²) < 4.78 is 0. The molecule has 0 fully saturated rings. The molecule has 3 nitrogen and oxygen atoms in total. The average molecular weight is 189 g/mol. The molecular weight excluding hydrogens is 178 g/mol. The summed E-state index contributed by atoms with van der Waals surface area (Å²) in [5, 5.41) is 3.66. The monoisotopic (exact) mass is 189 g/mol. The van der Waals surface area contributed by atoms with E-state index in [0.29, 0.717) is 0 Å². The lowest BCUT2D eigenvalue weighted by atomic mass is 9.95. The van der Waals surface area contributed by atoms with Crippen LogP contribution in [0.25, 0.3) is 0 Å². The van der Waals surface area contributed by atoms with E-state index in [9.17, 15) is 4.79 Å². The molecule has 14 heavy (non-hydrogen) atoms. The molecule has 0 N–H and O–H groups in total. The lowest BCUT2D eigenvalue weighted by Gasteiger charge is -2.06. The van der Waals surface area contributed by atoms with Crippen LogP contribution in [0.1, 0.15) is 24.0 Å². The minimum atomic E-state index is -0.310. The molecule has 0 unspecified atom stereocenters. The van der Waals surface area contributed by atoms with Crippen LogP contribution >= 0.6 is 0 Å². The number of hydrogen-bond donors (Lipinski definition) is 0. The Morgan fingerprint density at radius 3 is 2.36 bits per heavy atom. The van der Waals surface area contributed by atoms with Gasteiger partial charge in [0, 0.05) is 0 Å². The summed E-state index contributed by atoms with van der Waals surface area (Å²) in [6, 6.07) is 7.83. The second-order valence-corrected chi connectivity index (χ2v) is 3.49. The Hall–Kier alpha value is -1.64. The van der Waals surface area contributed by atoms with E-state index in [2.05, 4.69) is 9.99 Å². The van der Waals surface area contributed by atoms with Crippen molar-refractivity contribution in [2.24, 2.45) is 5.16 Å². The molecule has 0 bridgehead atoms. The van der Waals surface area contributed by atoms with Crippen molar-refractivity contribution in [1.29, 1.82) is 0 Å². The largest absolute Gasteiger partial charge is 0.348 e. The zero-order valence-electron chi connectivity index (χ0n) is 8.15. The third kappa shape index (κ3) is 1.41. The minimum absolute atomic E-state index is 0.286. The van der Waals surface area contributed by atoms with Gasteiger partial charge in [-0.25, -0.2) is 4.79 Å². The summed E-state index contributed by atoms with van der Waals surface area (Å²) in [7, 11) is 0. The van der Waals surface area contributed by atoms with Crippen molar-refractivity contribution in [2.75, 3.05) is 0 Å². The molecule has 0 aromatic heterocycles. The van der Waals surface area contributed by atoms with Crippen molar-refractivity contribution in [3.05, 3.63) is 35.4 Å². The van der Waals surface area contributed by atoms with Crippen LogP contribution in [-0.2, 0) is 9.63 Å². The third-order valence-corrected chi connectivity index (χ3v) is 2.34. The first kappa shape index (κ1) is 8.94. The number of carbonyl (C=O) groups is 1. The summed E-state index contributed by atoms with van der Waals surface area (Å²) in [6.07, 6.45) is 0. The molecular formula is C11H11NO2. The quantitative estimate of drug-likeness (QED) is 0.634. The molecule has 2 rings (SSSR count). The van der Waals surface area contributed by atoms with Crippen LogP contribution in [0.4, 0.5) is 0 Å². The van der Waals surface area contributed by atoms with Crippen LogP contribution in [0.2, 0.25) is 0 Å². The van der Waals surface area contributed by atoms with Gasteiger partial charge in [0.2, 0.25) is 0 Å². The fourth-order valence-corrected chi connectivity index (χ4v) is 1.53. The summed E-state index contributed by atoms with van der Waals surface area (Å²) in [5.74, 6) is -0.595. The number of rotatable bonds is 1. The van der Waals surface area contributed by atoms with Gasteiger partial charge in [-0.3, -0.25) is 0 Å². The first-order chi connectivity index (χ1) is 6.68. The third-order valence-electron chi connectivity index (χ3n) is 2.34. The molecule has 1 heterocycles. The van der Waals surface area contributed by atoms with E-state index in [0.717, 1.165) is 11.3 Å². The van der Waals surface area contributed by atoms with E-state index in [1.165, 1.54) is 5.56 Å². The van der Waals surface area contributed by atoms with Gasteiger partial charge in [-0.1, -0.05) is 35.0 Å². The predicted octanol–water partition coefficient (Wildman–Crippen LogP) is 2.01. The van der Waals surface area contributed by atoms with E-state index in [-0.39, 0.29) is 11.9 Å². The first-order valence-corrected chi connectivity index (χ1v) is 4.50. The highest BCUT2D eigenvalue weighted by Gasteiger charge is 2.30. The normalized spacial score (nSPS) is 20.6. The number of oxime groups is 1. The number of hydrogen-bond acceptors (Lipinski definition) is 3. The Morgan fingerprint density at radius 2 is 1.86 bits per heavy atom. The topological polar surface area (TPSA) is 38.7 Å². The first-order valence-electron chi connectivity index (χ1n) is 4.50. The highest BCUT2D eigenvalue weighted by Crippen LogP contribution is 2.24. The highest BCUT2D eigenvalue weighted by molar-refractivity contribution is 6.08. The molecule has 1 aliphatic rings. The summed E-state index contributed by atoms with van der Waals surface area (Å²) in [6.45, 7) is 3.81. The summed E-state index contributed by atoms with van der Waals surface area (Å²) >= 11 is 0. The zero-order chi connectivity index (χ0) is 10.1. The van der Waals surface area contributed by atoms with Crippen molar-refractivity contribution in [1.82, 2.24) is 0 Å². The second-order valence-electron chi connectivity index (χ2n) is 3.49. The van der Waals surface area contributed by atoms with Gasteiger partial charge in [-0.05, 0) is 19.4 Å². The Morgan fingerprint density at radius 1 is 1.21 bits per heavy atom. The standard InChI is InChI=1S/C11H11NO2/c1-7-3-5-9(6-4-7)10-8(2)12-14-11(10)13/h3-6,10H,1-2H3/t10-/m1/s1. The van der Waals surface area contributed by atoms with Crippen LogP contribution < -0.4 is 0 Å². The second kappa shape index (κ2) is 3.25. The van der Waals surface area contributed by atoms with E-state index in [1.807, 2.05) is 31.2 Å². The fraction of sp³-hybridized carbons (Fsp3) is 0.273. The fourth-order valence-electron chi connectivity index (χ4n) is 1.53. The predicted molar refractivity (Wildman–Crippen MR) is 53.1 cm³/mol. The smallest absolute Gasteiger partial charge is 0.317 e. The molecule has 0 saturated carbocycles. The van der Waals surface area contributed by atoms with Gasteiger partial charge in [-0.2, -0.15) is 0 Å². The van der Waals surface area contributed by atoms with E-state index in [4.69, 9.17) is 0 Å². The molecule has 0 saturated heterocycles. The Bertz CT molecular complexity index is 392. The lowest BCUT2D eigenvalue weighted by Crippen LogP contribution is -2.13. The molecule has 0 radical (unpaired) electrons. The zero-order valence-corrected chi connectivity index (χ0v) is 8.15. The molecule has 0 aliphatic carbocycles. The van der Waals surface area contributed by atoms with Crippen LogP contribution in [0.5, 0.6) is 0 Å². The van der Waals surface area contributed by atoms with Gasteiger partial charge >= 0.3 is 5.97 Å². The minimum Gasteiger partial charge on any atom is -0.317 e. The van der Waals surface area contributed by atoms with Crippen molar-refractivity contribution >= 4 is 11.7 Å².